The number of hydrogen-bond acceptors (Lipinski definition) is 3. The van der Waals surface area contributed by atoms with E-state index in [1.807, 2.05) is 0 Å². The van der Waals surface area contributed by atoms with Crippen LogP contribution in [-0.4, -0.2) is 36.8 Å². The summed E-state index contributed by atoms with van der Waals surface area (Å²) in [5, 5.41) is 8.80. The average molecular weight is 279 g/mol. The quantitative estimate of drug-likeness (QED) is 0.664. The number of halogens is 4. The largest absolute Gasteiger partial charge is 0.405 e. The fourth-order valence-corrected chi connectivity index (χ4v) is 1.73. The van der Waals surface area contributed by atoms with Gasteiger partial charge in [-0.25, -0.2) is 4.39 Å². The van der Waals surface area contributed by atoms with Crippen molar-refractivity contribution in [3.63, 3.8) is 0 Å². The van der Waals surface area contributed by atoms with Crippen molar-refractivity contribution in [2.75, 3.05) is 24.6 Å². The fourth-order valence-electron chi connectivity index (χ4n) is 1.73. The standard InChI is InChI=1S/C12H13F4NO2/c1-8(19)9-3-2-4-10(13)11(9)17(5-6-18)7-12(14,15)16/h2-4,18H,5-7H2,1H3. The Morgan fingerprint density at radius 2 is 2.00 bits per heavy atom. The van der Waals surface area contributed by atoms with Crippen LogP contribution in [0.2, 0.25) is 0 Å². The molecule has 0 spiro atoms. The zero-order valence-corrected chi connectivity index (χ0v) is 10.2. The number of aliphatic hydroxyl groups is 1. The number of alkyl halides is 3. The van der Waals surface area contributed by atoms with Crippen LogP contribution in [0.3, 0.4) is 0 Å². The maximum Gasteiger partial charge on any atom is 0.405 e. The molecule has 1 rings (SSSR count). The van der Waals surface area contributed by atoms with Crippen LogP contribution in [-0.2, 0) is 0 Å². The van der Waals surface area contributed by atoms with Gasteiger partial charge < -0.3 is 10.0 Å². The summed E-state index contributed by atoms with van der Waals surface area (Å²) in [5.74, 6) is -1.47. The van der Waals surface area contributed by atoms with E-state index in [2.05, 4.69) is 0 Å². The van der Waals surface area contributed by atoms with E-state index in [0.717, 1.165) is 13.0 Å². The molecule has 106 valence electrons. The summed E-state index contributed by atoms with van der Waals surface area (Å²) in [6.07, 6.45) is -4.56. The lowest BCUT2D eigenvalue weighted by molar-refractivity contribution is -0.119. The van der Waals surface area contributed by atoms with Crippen LogP contribution < -0.4 is 4.90 Å². The summed E-state index contributed by atoms with van der Waals surface area (Å²) in [4.78, 5) is 12.0. The lowest BCUT2D eigenvalue weighted by Gasteiger charge is -2.27. The van der Waals surface area contributed by atoms with E-state index in [1.54, 1.807) is 0 Å². The molecule has 0 amide bonds. The Kier molecular flexibility index (Phi) is 4.88. The fraction of sp³-hybridized carbons (Fsp3) is 0.417. The number of rotatable bonds is 5. The number of ketones is 1. The van der Waals surface area contributed by atoms with E-state index < -0.39 is 43.2 Å². The first kappa shape index (κ1) is 15.4. The third-order valence-electron chi connectivity index (χ3n) is 2.42. The summed E-state index contributed by atoms with van der Waals surface area (Å²) in [7, 11) is 0. The molecule has 1 N–H and O–H groups in total. The van der Waals surface area contributed by atoms with E-state index in [1.165, 1.54) is 12.1 Å². The van der Waals surface area contributed by atoms with Crippen molar-refractivity contribution in [1.29, 1.82) is 0 Å². The van der Waals surface area contributed by atoms with E-state index in [0.29, 0.717) is 4.90 Å². The van der Waals surface area contributed by atoms with Crippen molar-refractivity contribution >= 4 is 11.5 Å². The highest BCUT2D eigenvalue weighted by atomic mass is 19.4. The van der Waals surface area contributed by atoms with Gasteiger partial charge in [0.25, 0.3) is 0 Å². The Balaban J connectivity index is 3.25. The first-order chi connectivity index (χ1) is 8.76. The number of aliphatic hydroxyl groups excluding tert-OH is 1. The number of para-hydroxylation sites is 1. The Hall–Kier alpha value is -1.63. The van der Waals surface area contributed by atoms with Crippen molar-refractivity contribution in [1.82, 2.24) is 0 Å². The zero-order chi connectivity index (χ0) is 14.6. The predicted molar refractivity (Wildman–Crippen MR) is 61.8 cm³/mol. The SMILES string of the molecule is CC(=O)c1cccc(F)c1N(CCO)CC(F)(F)F. The van der Waals surface area contributed by atoms with Gasteiger partial charge in [-0.1, -0.05) is 6.07 Å². The van der Waals surface area contributed by atoms with Crippen molar-refractivity contribution in [2.24, 2.45) is 0 Å². The van der Waals surface area contributed by atoms with Gasteiger partial charge in [-0.3, -0.25) is 4.79 Å². The minimum absolute atomic E-state index is 0.141. The highest BCUT2D eigenvalue weighted by molar-refractivity contribution is 5.99. The molecule has 1 aromatic carbocycles. The normalized spacial score (nSPS) is 11.5. The van der Waals surface area contributed by atoms with Crippen LogP contribution in [0.5, 0.6) is 0 Å². The lowest BCUT2D eigenvalue weighted by Crippen LogP contribution is -2.37. The summed E-state index contributed by atoms with van der Waals surface area (Å²) in [6, 6.07) is 3.48. The molecule has 0 unspecified atom stereocenters. The van der Waals surface area contributed by atoms with Crippen LogP contribution in [0.15, 0.2) is 18.2 Å². The molecule has 0 fully saturated rings. The zero-order valence-electron chi connectivity index (χ0n) is 10.2. The van der Waals surface area contributed by atoms with Gasteiger partial charge in [0.1, 0.15) is 12.4 Å². The molecule has 0 heterocycles. The third-order valence-corrected chi connectivity index (χ3v) is 2.42. The average Bonchev–Trinajstić information content (AvgIpc) is 2.26. The number of Topliss-reactive ketones (excluding diaryl/α,β-unsaturated/α-hetero) is 1. The van der Waals surface area contributed by atoms with Crippen LogP contribution in [0.4, 0.5) is 23.2 Å². The number of nitrogens with zero attached hydrogens (tertiary/aromatic N) is 1. The van der Waals surface area contributed by atoms with Crippen LogP contribution in [0.25, 0.3) is 0 Å². The maximum atomic E-state index is 13.7. The number of hydrogen-bond donors (Lipinski definition) is 1. The van der Waals surface area contributed by atoms with Gasteiger partial charge >= 0.3 is 6.18 Å². The Morgan fingerprint density at radius 1 is 1.37 bits per heavy atom. The molecule has 19 heavy (non-hydrogen) atoms. The van der Waals surface area contributed by atoms with Gasteiger partial charge in [-0.05, 0) is 19.1 Å². The highest BCUT2D eigenvalue weighted by Crippen LogP contribution is 2.28. The molecule has 0 aliphatic rings. The third kappa shape index (κ3) is 4.20. The van der Waals surface area contributed by atoms with Gasteiger partial charge in [-0.15, -0.1) is 0 Å². The minimum Gasteiger partial charge on any atom is -0.395 e. The van der Waals surface area contributed by atoms with Gasteiger partial charge in [-0.2, -0.15) is 13.2 Å². The Bertz CT molecular complexity index is 460. The molecule has 3 nitrogen and oxygen atoms in total. The lowest BCUT2D eigenvalue weighted by atomic mass is 10.1. The number of carbonyl (C=O) groups excluding carboxylic acids is 1. The molecule has 0 saturated carbocycles. The van der Waals surface area contributed by atoms with Crippen LogP contribution in [0.1, 0.15) is 17.3 Å². The molecular weight excluding hydrogens is 266 g/mol. The molecule has 0 aromatic heterocycles. The number of carbonyl (C=O) groups is 1. The minimum atomic E-state index is -4.56. The molecule has 7 heteroatoms. The second-order valence-electron chi connectivity index (χ2n) is 3.95. The summed E-state index contributed by atoms with van der Waals surface area (Å²) in [5.41, 5.74) is -0.570. The summed E-state index contributed by atoms with van der Waals surface area (Å²) >= 11 is 0. The molecule has 0 aliphatic carbocycles. The predicted octanol–water partition coefficient (Wildman–Crippen LogP) is 2.39. The van der Waals surface area contributed by atoms with Crippen LogP contribution >= 0.6 is 0 Å². The molecule has 0 atom stereocenters. The van der Waals surface area contributed by atoms with E-state index in [-0.39, 0.29) is 5.56 Å². The number of anilines is 1. The number of benzene rings is 1. The van der Waals surface area contributed by atoms with Gasteiger partial charge in [0.2, 0.25) is 0 Å². The van der Waals surface area contributed by atoms with E-state index >= 15 is 0 Å². The molecule has 0 saturated heterocycles. The van der Waals surface area contributed by atoms with Crippen molar-refractivity contribution in [3.8, 4) is 0 Å². The first-order valence-corrected chi connectivity index (χ1v) is 5.48. The van der Waals surface area contributed by atoms with Crippen molar-refractivity contribution < 1.29 is 27.5 Å². The van der Waals surface area contributed by atoms with Gasteiger partial charge in [0, 0.05) is 12.1 Å². The first-order valence-electron chi connectivity index (χ1n) is 5.48. The van der Waals surface area contributed by atoms with Gasteiger partial charge in [0.15, 0.2) is 5.78 Å². The molecule has 0 aliphatic heterocycles. The van der Waals surface area contributed by atoms with E-state index in [9.17, 15) is 22.4 Å². The topological polar surface area (TPSA) is 40.5 Å². The van der Waals surface area contributed by atoms with E-state index in [4.69, 9.17) is 5.11 Å². The molecule has 0 bridgehead atoms. The Labute approximate surface area is 107 Å². The maximum absolute atomic E-state index is 13.7. The summed E-state index contributed by atoms with van der Waals surface area (Å²) in [6.45, 7) is -1.29. The highest BCUT2D eigenvalue weighted by Gasteiger charge is 2.32. The monoisotopic (exact) mass is 279 g/mol. The summed E-state index contributed by atoms with van der Waals surface area (Å²) < 4.78 is 51.1. The molecular formula is C12H13F4NO2. The molecule has 1 aromatic rings. The van der Waals surface area contributed by atoms with Crippen molar-refractivity contribution in [3.05, 3.63) is 29.6 Å². The van der Waals surface area contributed by atoms with Crippen molar-refractivity contribution in [2.45, 2.75) is 13.1 Å². The Morgan fingerprint density at radius 3 is 2.47 bits per heavy atom. The van der Waals surface area contributed by atoms with Gasteiger partial charge in [0.05, 0.1) is 12.3 Å². The van der Waals surface area contributed by atoms with Crippen LogP contribution in [0, 0.1) is 5.82 Å². The second-order valence-corrected chi connectivity index (χ2v) is 3.95. The second kappa shape index (κ2) is 6.01. The smallest absolute Gasteiger partial charge is 0.395 e. The molecule has 0 radical (unpaired) electrons.